The van der Waals surface area contributed by atoms with Crippen molar-refractivity contribution in [3.63, 3.8) is 0 Å². The first kappa shape index (κ1) is 24.9. The number of amides is 1. The fourth-order valence-electron chi connectivity index (χ4n) is 3.43. The van der Waals surface area contributed by atoms with Crippen LogP contribution >= 0.6 is 24.0 Å². The van der Waals surface area contributed by atoms with Crippen molar-refractivity contribution in [3.8, 4) is 5.75 Å². The van der Waals surface area contributed by atoms with E-state index in [2.05, 4.69) is 31.9 Å². The summed E-state index contributed by atoms with van der Waals surface area (Å²) in [6.07, 6.45) is 2.62. The fraction of sp³-hybridized carbons (Fsp3) is 0.524. The predicted molar refractivity (Wildman–Crippen MR) is 131 cm³/mol. The maximum Gasteiger partial charge on any atom is 0.219 e. The standard InChI is InChI=1S/C21H31N7O2.HI/c1-4-20-25-24-16-28(20)10-9-22-21(27-13-11-26(12-14-27)17(2)29)23-15-18-5-7-19(30-3)8-6-18;/h5-8,16H,4,9-15H2,1-3H3,(H,22,23);1H. The number of halogens is 1. The molecule has 1 aromatic heterocycles. The summed E-state index contributed by atoms with van der Waals surface area (Å²) in [6.45, 7) is 8.72. The number of carbonyl (C=O) groups excluding carboxylic acids is 1. The van der Waals surface area contributed by atoms with Gasteiger partial charge in [-0.3, -0.25) is 4.79 Å². The van der Waals surface area contributed by atoms with Gasteiger partial charge in [0.2, 0.25) is 5.91 Å². The van der Waals surface area contributed by atoms with Crippen LogP contribution in [0.4, 0.5) is 0 Å². The highest BCUT2D eigenvalue weighted by Gasteiger charge is 2.21. The van der Waals surface area contributed by atoms with Gasteiger partial charge < -0.3 is 24.4 Å². The number of hydrogen-bond donors (Lipinski definition) is 1. The second kappa shape index (κ2) is 12.5. The number of aromatic nitrogens is 3. The minimum atomic E-state index is 0. The molecular formula is C21H32IN7O2. The highest BCUT2D eigenvalue weighted by molar-refractivity contribution is 14.0. The van der Waals surface area contributed by atoms with Gasteiger partial charge in [0.05, 0.1) is 13.7 Å². The van der Waals surface area contributed by atoms with Crippen molar-refractivity contribution in [1.29, 1.82) is 0 Å². The van der Waals surface area contributed by atoms with Crippen LogP contribution in [0.15, 0.2) is 35.6 Å². The number of ether oxygens (including phenoxy) is 1. The summed E-state index contributed by atoms with van der Waals surface area (Å²) in [6, 6.07) is 7.94. The van der Waals surface area contributed by atoms with Crippen molar-refractivity contribution in [2.75, 3.05) is 39.8 Å². The summed E-state index contributed by atoms with van der Waals surface area (Å²) >= 11 is 0. The average Bonchev–Trinajstić information content (AvgIpc) is 3.24. The molecule has 0 spiro atoms. The molecule has 1 aromatic carbocycles. The zero-order valence-corrected chi connectivity index (χ0v) is 20.8. The number of piperazine rings is 1. The molecule has 0 radical (unpaired) electrons. The second-order valence-corrected chi connectivity index (χ2v) is 7.20. The smallest absolute Gasteiger partial charge is 0.219 e. The van der Waals surface area contributed by atoms with Gasteiger partial charge in [0, 0.05) is 52.6 Å². The Balaban J connectivity index is 0.00000341. The van der Waals surface area contributed by atoms with E-state index in [0.717, 1.165) is 55.7 Å². The molecule has 1 saturated heterocycles. The average molecular weight is 541 g/mol. The molecule has 31 heavy (non-hydrogen) atoms. The maximum atomic E-state index is 11.6. The van der Waals surface area contributed by atoms with E-state index < -0.39 is 0 Å². The van der Waals surface area contributed by atoms with Crippen molar-refractivity contribution >= 4 is 35.8 Å². The van der Waals surface area contributed by atoms with Crippen LogP contribution in [0.25, 0.3) is 0 Å². The predicted octanol–water partition coefficient (Wildman–Crippen LogP) is 1.78. The molecule has 0 atom stereocenters. The molecule has 3 rings (SSSR count). The SMILES string of the molecule is CCc1nncn1CCNC(=NCc1ccc(OC)cc1)N1CCN(C(C)=O)CC1.I. The minimum Gasteiger partial charge on any atom is -0.497 e. The van der Waals surface area contributed by atoms with Crippen molar-refractivity contribution in [3.05, 3.63) is 42.0 Å². The summed E-state index contributed by atoms with van der Waals surface area (Å²) in [7, 11) is 1.66. The van der Waals surface area contributed by atoms with Crippen LogP contribution in [-0.2, 0) is 24.3 Å². The largest absolute Gasteiger partial charge is 0.497 e. The first-order valence-corrected chi connectivity index (χ1v) is 10.4. The van der Waals surface area contributed by atoms with E-state index in [-0.39, 0.29) is 29.9 Å². The molecule has 1 amide bonds. The summed E-state index contributed by atoms with van der Waals surface area (Å²) in [5.74, 6) is 2.80. The summed E-state index contributed by atoms with van der Waals surface area (Å²) in [4.78, 5) is 20.6. The lowest BCUT2D eigenvalue weighted by atomic mass is 10.2. The van der Waals surface area contributed by atoms with Gasteiger partial charge in [0.25, 0.3) is 0 Å². The third kappa shape index (κ3) is 7.08. The van der Waals surface area contributed by atoms with Crippen molar-refractivity contribution < 1.29 is 9.53 Å². The first-order chi connectivity index (χ1) is 14.6. The zero-order chi connectivity index (χ0) is 21.3. The zero-order valence-electron chi connectivity index (χ0n) is 18.5. The molecule has 0 bridgehead atoms. The Bertz CT molecular complexity index is 846. The van der Waals surface area contributed by atoms with Crippen LogP contribution < -0.4 is 10.1 Å². The molecule has 0 saturated carbocycles. The molecule has 1 aliphatic heterocycles. The van der Waals surface area contributed by atoms with Crippen LogP contribution in [-0.4, -0.2) is 76.3 Å². The number of carbonyl (C=O) groups is 1. The number of hydrogen-bond acceptors (Lipinski definition) is 5. The van der Waals surface area contributed by atoms with E-state index >= 15 is 0 Å². The molecule has 10 heteroatoms. The van der Waals surface area contributed by atoms with Crippen LogP contribution in [0.1, 0.15) is 25.2 Å². The normalized spacial score (nSPS) is 14.2. The molecule has 1 fully saturated rings. The summed E-state index contributed by atoms with van der Waals surface area (Å²) < 4.78 is 7.28. The Labute approximate surface area is 200 Å². The first-order valence-electron chi connectivity index (χ1n) is 10.4. The number of nitrogens with zero attached hydrogens (tertiary/aromatic N) is 6. The van der Waals surface area contributed by atoms with Gasteiger partial charge in [-0.05, 0) is 17.7 Å². The molecule has 9 nitrogen and oxygen atoms in total. The Hall–Kier alpha value is -2.37. The van der Waals surface area contributed by atoms with Crippen LogP contribution in [0.2, 0.25) is 0 Å². The van der Waals surface area contributed by atoms with E-state index in [0.29, 0.717) is 19.6 Å². The second-order valence-electron chi connectivity index (χ2n) is 7.20. The Kier molecular flexibility index (Phi) is 10.0. The van der Waals surface area contributed by atoms with Crippen LogP contribution in [0.5, 0.6) is 5.75 Å². The van der Waals surface area contributed by atoms with Gasteiger partial charge in [0.1, 0.15) is 17.9 Å². The highest BCUT2D eigenvalue weighted by atomic mass is 127. The maximum absolute atomic E-state index is 11.6. The van der Waals surface area contributed by atoms with Crippen molar-refractivity contribution in [2.45, 2.75) is 33.4 Å². The monoisotopic (exact) mass is 541 g/mol. The van der Waals surface area contributed by atoms with Gasteiger partial charge in [0.15, 0.2) is 5.96 Å². The Morgan fingerprint density at radius 3 is 2.45 bits per heavy atom. The lowest BCUT2D eigenvalue weighted by Crippen LogP contribution is -2.53. The molecular weight excluding hydrogens is 509 g/mol. The number of aliphatic imine (C=N–C) groups is 1. The lowest BCUT2D eigenvalue weighted by Gasteiger charge is -2.36. The third-order valence-corrected chi connectivity index (χ3v) is 5.24. The van der Waals surface area contributed by atoms with E-state index in [1.54, 1.807) is 20.4 Å². The molecule has 0 unspecified atom stereocenters. The van der Waals surface area contributed by atoms with Gasteiger partial charge in [-0.15, -0.1) is 34.2 Å². The van der Waals surface area contributed by atoms with Crippen LogP contribution in [0, 0.1) is 0 Å². The molecule has 1 aliphatic rings. The van der Waals surface area contributed by atoms with E-state index in [1.807, 2.05) is 29.2 Å². The fourth-order valence-corrected chi connectivity index (χ4v) is 3.43. The number of methoxy groups -OCH3 is 1. The van der Waals surface area contributed by atoms with Gasteiger partial charge in [-0.1, -0.05) is 19.1 Å². The van der Waals surface area contributed by atoms with Gasteiger partial charge in [-0.2, -0.15) is 0 Å². The van der Waals surface area contributed by atoms with Crippen molar-refractivity contribution in [2.24, 2.45) is 4.99 Å². The molecule has 0 aliphatic carbocycles. The number of guanidine groups is 1. The quantitative estimate of drug-likeness (QED) is 0.327. The van der Waals surface area contributed by atoms with Crippen LogP contribution in [0.3, 0.4) is 0 Å². The number of benzene rings is 1. The number of rotatable bonds is 7. The summed E-state index contributed by atoms with van der Waals surface area (Å²) in [5.41, 5.74) is 1.12. The molecule has 170 valence electrons. The van der Waals surface area contributed by atoms with Crippen molar-refractivity contribution in [1.82, 2.24) is 29.9 Å². The van der Waals surface area contributed by atoms with E-state index in [4.69, 9.17) is 9.73 Å². The highest BCUT2D eigenvalue weighted by Crippen LogP contribution is 2.12. The van der Waals surface area contributed by atoms with E-state index in [9.17, 15) is 4.79 Å². The van der Waals surface area contributed by atoms with E-state index in [1.165, 1.54) is 0 Å². The third-order valence-electron chi connectivity index (χ3n) is 5.24. The Morgan fingerprint density at radius 1 is 1.16 bits per heavy atom. The number of aryl methyl sites for hydroxylation is 1. The minimum absolute atomic E-state index is 0. The molecule has 1 N–H and O–H groups in total. The lowest BCUT2D eigenvalue weighted by molar-refractivity contribution is -0.130. The topological polar surface area (TPSA) is 87.9 Å². The van der Waals surface area contributed by atoms with Gasteiger partial charge in [-0.25, -0.2) is 4.99 Å². The molecule has 2 aromatic rings. The summed E-state index contributed by atoms with van der Waals surface area (Å²) in [5, 5.41) is 11.6. The molecule has 2 heterocycles. The van der Waals surface area contributed by atoms with Gasteiger partial charge >= 0.3 is 0 Å². The number of nitrogens with one attached hydrogen (secondary N) is 1. The Morgan fingerprint density at radius 2 is 1.84 bits per heavy atom.